The van der Waals surface area contributed by atoms with E-state index in [1.165, 1.54) is 0 Å². The molecule has 2 fully saturated rings. The van der Waals surface area contributed by atoms with Crippen LogP contribution in [0.2, 0.25) is 0 Å². The van der Waals surface area contributed by atoms with Gasteiger partial charge in [0.2, 0.25) is 11.8 Å². The van der Waals surface area contributed by atoms with E-state index in [1.807, 2.05) is 35.2 Å². The summed E-state index contributed by atoms with van der Waals surface area (Å²) in [6.45, 7) is 3.29. The van der Waals surface area contributed by atoms with Gasteiger partial charge < -0.3 is 41.2 Å². The quantitative estimate of drug-likeness (QED) is 0.247. The molecular formula is C32H45N7O5. The number of urea groups is 1. The van der Waals surface area contributed by atoms with Crippen LogP contribution < -0.4 is 31.9 Å². The predicted octanol–water partition coefficient (Wildman–Crippen LogP) is 3.85. The molecule has 238 valence electrons. The fourth-order valence-electron chi connectivity index (χ4n) is 6.00. The summed E-state index contributed by atoms with van der Waals surface area (Å²) in [5.41, 5.74) is 7.88. The molecule has 5 rings (SSSR count). The molecule has 1 aliphatic heterocycles. The monoisotopic (exact) mass is 607 g/mol. The first-order chi connectivity index (χ1) is 21.3. The van der Waals surface area contributed by atoms with Crippen LogP contribution in [0.25, 0.3) is 11.0 Å². The Kier molecular flexibility index (Phi) is 10.0. The highest BCUT2D eigenvalue weighted by Gasteiger charge is 2.25. The van der Waals surface area contributed by atoms with Crippen molar-refractivity contribution in [3.8, 4) is 0 Å². The van der Waals surface area contributed by atoms with Gasteiger partial charge in [-0.3, -0.25) is 14.4 Å². The number of fused-ring (bicyclic) bond motifs is 1. The third kappa shape index (κ3) is 7.67. The molecule has 0 radical (unpaired) electrons. The molecular weight excluding hydrogens is 562 g/mol. The Morgan fingerprint density at radius 2 is 1.75 bits per heavy atom. The number of benzene rings is 2. The molecule has 1 saturated heterocycles. The van der Waals surface area contributed by atoms with E-state index in [2.05, 4.69) is 26.2 Å². The van der Waals surface area contributed by atoms with Crippen LogP contribution in [0.3, 0.4) is 0 Å². The molecule has 0 unspecified atom stereocenters. The molecule has 5 amide bonds. The summed E-state index contributed by atoms with van der Waals surface area (Å²) in [7, 11) is 1.76. The first-order valence-corrected chi connectivity index (χ1v) is 15.3. The average molecular weight is 608 g/mol. The van der Waals surface area contributed by atoms with Crippen LogP contribution >= 0.6 is 0 Å². The number of amides is 5. The molecule has 2 aliphatic rings. The lowest BCUT2D eigenvalue weighted by Crippen LogP contribution is -2.39. The summed E-state index contributed by atoms with van der Waals surface area (Å²) in [6, 6.07) is 14.2. The molecule has 6 N–H and O–H groups in total. The van der Waals surface area contributed by atoms with Gasteiger partial charge in [-0.1, -0.05) is 18.2 Å². The standard InChI is InChI=1S/C32H41N7O5.2H2/c1-34-20-29(40)39-14-4-13-38(15-16-39)26-12-11-24(36-32(43)35-19-21-7-9-22(10-8-21)30(33)41)18-25(26)37-31(42)28-17-23-5-2-3-6-27(23)44-28;;/h2-3,5-6,11-12,17-18,21-22,34H,4,7-10,13-16,19-20H2,1H3,(H2,33,41)(H,37,42)(H2,35,36,43);2*1H. The summed E-state index contributed by atoms with van der Waals surface area (Å²) >= 11 is 0. The zero-order valence-corrected chi connectivity index (χ0v) is 25.1. The average Bonchev–Trinajstić information content (AvgIpc) is 3.31. The summed E-state index contributed by atoms with van der Waals surface area (Å²) in [4.78, 5) is 54.1. The molecule has 1 saturated carbocycles. The normalized spacial score (nSPS) is 18.8. The van der Waals surface area contributed by atoms with Gasteiger partial charge in [-0.15, -0.1) is 0 Å². The van der Waals surface area contributed by atoms with Crippen molar-refractivity contribution >= 4 is 51.8 Å². The molecule has 1 aromatic heterocycles. The van der Waals surface area contributed by atoms with E-state index in [0.717, 1.165) is 43.2 Å². The predicted molar refractivity (Wildman–Crippen MR) is 174 cm³/mol. The Balaban J connectivity index is 0.00000288. The van der Waals surface area contributed by atoms with Gasteiger partial charge in [-0.25, -0.2) is 4.79 Å². The number of carbonyl (C=O) groups excluding carboxylic acids is 4. The Morgan fingerprint density at radius 3 is 2.50 bits per heavy atom. The van der Waals surface area contributed by atoms with Gasteiger partial charge in [0, 0.05) is 52.6 Å². The Labute approximate surface area is 259 Å². The summed E-state index contributed by atoms with van der Waals surface area (Å²) in [5, 5.41) is 12.6. The number of furan rings is 1. The van der Waals surface area contributed by atoms with E-state index in [4.69, 9.17) is 10.2 Å². The van der Waals surface area contributed by atoms with Gasteiger partial charge in [0.25, 0.3) is 5.91 Å². The van der Waals surface area contributed by atoms with Crippen molar-refractivity contribution in [2.24, 2.45) is 17.6 Å². The van der Waals surface area contributed by atoms with Gasteiger partial charge in [0.05, 0.1) is 17.9 Å². The van der Waals surface area contributed by atoms with Crippen molar-refractivity contribution < 1.29 is 26.4 Å². The SMILES string of the molecule is CNCC(=O)N1CCCN(c2ccc(NC(=O)NCC3CCC(C(N)=O)CC3)cc2NC(=O)c2cc3ccccc3o2)CC1.[HH].[HH]. The summed E-state index contributed by atoms with van der Waals surface area (Å²) in [6.07, 6.45) is 3.95. The molecule has 2 heterocycles. The molecule has 0 atom stereocenters. The Bertz CT molecular complexity index is 1480. The van der Waals surface area contributed by atoms with Gasteiger partial charge >= 0.3 is 6.03 Å². The van der Waals surface area contributed by atoms with Crippen LogP contribution in [0.4, 0.5) is 21.9 Å². The molecule has 1 aliphatic carbocycles. The molecule has 12 heteroatoms. The van der Waals surface area contributed by atoms with Crippen LogP contribution in [0.15, 0.2) is 52.9 Å². The molecule has 2 aromatic carbocycles. The number of rotatable bonds is 9. The number of nitrogens with zero attached hydrogens (tertiary/aromatic N) is 2. The molecule has 0 bridgehead atoms. The second-order valence-electron chi connectivity index (χ2n) is 11.5. The fourth-order valence-corrected chi connectivity index (χ4v) is 6.00. The highest BCUT2D eigenvalue weighted by molar-refractivity contribution is 6.07. The van der Waals surface area contributed by atoms with Gasteiger partial charge in [0.15, 0.2) is 5.76 Å². The first-order valence-electron chi connectivity index (χ1n) is 15.3. The summed E-state index contributed by atoms with van der Waals surface area (Å²) < 4.78 is 5.79. The number of nitrogens with two attached hydrogens (primary N) is 1. The fraction of sp³-hybridized carbons (Fsp3) is 0.438. The summed E-state index contributed by atoms with van der Waals surface area (Å²) in [5.74, 6) is -0.206. The van der Waals surface area contributed by atoms with Crippen LogP contribution in [0.5, 0.6) is 0 Å². The van der Waals surface area contributed by atoms with E-state index in [-0.39, 0.29) is 38.9 Å². The molecule has 3 aromatic rings. The van der Waals surface area contributed by atoms with Crippen LogP contribution in [-0.4, -0.2) is 75.0 Å². The van der Waals surface area contributed by atoms with Crippen molar-refractivity contribution in [3.05, 3.63) is 54.3 Å². The number of para-hydroxylation sites is 1. The Morgan fingerprint density at radius 1 is 0.955 bits per heavy atom. The number of hydrogen-bond donors (Lipinski definition) is 5. The van der Waals surface area contributed by atoms with Crippen LogP contribution in [-0.2, 0) is 9.59 Å². The van der Waals surface area contributed by atoms with Gasteiger partial charge in [0.1, 0.15) is 5.58 Å². The smallest absolute Gasteiger partial charge is 0.319 e. The Hall–Kier alpha value is -4.58. The van der Waals surface area contributed by atoms with Crippen molar-refractivity contribution in [1.29, 1.82) is 0 Å². The van der Waals surface area contributed by atoms with Crippen molar-refractivity contribution in [2.75, 3.05) is 61.8 Å². The molecule has 44 heavy (non-hydrogen) atoms. The van der Waals surface area contributed by atoms with Crippen molar-refractivity contribution in [2.45, 2.75) is 32.1 Å². The number of carbonyl (C=O) groups is 4. The third-order valence-corrected chi connectivity index (χ3v) is 8.47. The van der Waals surface area contributed by atoms with E-state index in [0.29, 0.717) is 55.6 Å². The lowest BCUT2D eigenvalue weighted by Gasteiger charge is -2.27. The maximum Gasteiger partial charge on any atom is 0.319 e. The largest absolute Gasteiger partial charge is 0.451 e. The lowest BCUT2D eigenvalue weighted by molar-refractivity contribution is -0.130. The zero-order chi connectivity index (χ0) is 31.1. The first kappa shape index (κ1) is 30.9. The van der Waals surface area contributed by atoms with E-state index < -0.39 is 5.91 Å². The number of anilines is 3. The number of likely N-dealkylation sites (N-methyl/N-ethyl adjacent to an activating group) is 1. The molecule has 12 nitrogen and oxygen atoms in total. The van der Waals surface area contributed by atoms with Crippen LogP contribution in [0, 0.1) is 11.8 Å². The molecule has 0 spiro atoms. The topological polar surface area (TPSA) is 162 Å². The maximum atomic E-state index is 13.4. The van der Waals surface area contributed by atoms with E-state index in [1.54, 1.807) is 25.2 Å². The van der Waals surface area contributed by atoms with Crippen molar-refractivity contribution in [3.63, 3.8) is 0 Å². The third-order valence-electron chi connectivity index (χ3n) is 8.47. The van der Waals surface area contributed by atoms with E-state index in [9.17, 15) is 19.2 Å². The highest BCUT2D eigenvalue weighted by atomic mass is 16.3. The lowest BCUT2D eigenvalue weighted by atomic mass is 9.82. The number of primary amides is 1. The zero-order valence-electron chi connectivity index (χ0n) is 25.1. The highest BCUT2D eigenvalue weighted by Crippen LogP contribution is 2.32. The van der Waals surface area contributed by atoms with Crippen molar-refractivity contribution in [1.82, 2.24) is 15.5 Å². The van der Waals surface area contributed by atoms with Gasteiger partial charge in [-0.2, -0.15) is 0 Å². The minimum atomic E-state index is -0.406. The minimum Gasteiger partial charge on any atom is -0.451 e. The van der Waals surface area contributed by atoms with Gasteiger partial charge in [-0.05, 0) is 75.4 Å². The minimum absolute atomic E-state index is 0. The number of nitrogens with one attached hydrogen (secondary N) is 4. The van der Waals surface area contributed by atoms with Crippen LogP contribution in [0.1, 0.15) is 45.5 Å². The van der Waals surface area contributed by atoms with E-state index >= 15 is 0 Å². The second kappa shape index (κ2) is 14.3. The number of hydrogen-bond acceptors (Lipinski definition) is 7. The maximum absolute atomic E-state index is 13.4. The second-order valence-corrected chi connectivity index (χ2v) is 11.5.